The first-order valence-electron chi connectivity index (χ1n) is 5.91. The quantitative estimate of drug-likeness (QED) is 0.700. The maximum absolute atomic E-state index is 12.2. The first-order chi connectivity index (χ1) is 8.46. The molecule has 1 saturated heterocycles. The summed E-state index contributed by atoms with van der Waals surface area (Å²) in [7, 11) is 1.61. The molecule has 0 aromatic carbocycles. The monoisotopic (exact) mass is 250 g/mol. The molecular weight excluding hydrogens is 232 g/mol. The number of carbonyl (C=O) groups excluding carboxylic acids is 2. The number of hydrogen-bond acceptors (Lipinski definition) is 3. The van der Waals surface area contributed by atoms with E-state index in [1.54, 1.807) is 24.2 Å². The molecule has 0 spiro atoms. The molecule has 2 heterocycles. The molecular formula is C12H18N4O2. The van der Waals surface area contributed by atoms with E-state index in [1.807, 2.05) is 6.92 Å². The van der Waals surface area contributed by atoms with Crippen LogP contribution in [0.15, 0.2) is 12.3 Å². The van der Waals surface area contributed by atoms with E-state index >= 15 is 0 Å². The lowest BCUT2D eigenvalue weighted by Gasteiger charge is -2.22. The van der Waals surface area contributed by atoms with Gasteiger partial charge in [-0.3, -0.25) is 9.59 Å². The zero-order valence-corrected chi connectivity index (χ0v) is 10.6. The lowest BCUT2D eigenvalue weighted by atomic mass is 9.89. The molecule has 6 heteroatoms. The summed E-state index contributed by atoms with van der Waals surface area (Å²) in [5, 5.41) is 2.65. The smallest absolute Gasteiger partial charge is 0.270 e. The van der Waals surface area contributed by atoms with E-state index in [9.17, 15) is 9.59 Å². The van der Waals surface area contributed by atoms with Crippen LogP contribution in [0.4, 0.5) is 5.69 Å². The average Bonchev–Trinajstić information content (AvgIpc) is 2.95. The Morgan fingerprint density at radius 2 is 2.28 bits per heavy atom. The van der Waals surface area contributed by atoms with Crippen molar-refractivity contribution in [2.24, 2.45) is 5.41 Å². The second kappa shape index (κ2) is 4.36. The molecule has 1 unspecified atom stereocenters. The third kappa shape index (κ3) is 2.05. The largest absolute Gasteiger partial charge is 0.397 e. The van der Waals surface area contributed by atoms with Crippen molar-refractivity contribution >= 4 is 17.5 Å². The van der Waals surface area contributed by atoms with Crippen molar-refractivity contribution in [2.45, 2.75) is 13.3 Å². The van der Waals surface area contributed by atoms with Crippen LogP contribution in [0.2, 0.25) is 0 Å². The number of nitrogen functional groups attached to an aromatic ring is 1. The van der Waals surface area contributed by atoms with Crippen molar-refractivity contribution in [3.05, 3.63) is 18.0 Å². The molecule has 18 heavy (non-hydrogen) atoms. The lowest BCUT2D eigenvalue weighted by molar-refractivity contribution is -0.128. The second-order valence-electron chi connectivity index (χ2n) is 4.96. The summed E-state index contributed by atoms with van der Waals surface area (Å²) in [6.07, 6.45) is 2.26. The fourth-order valence-corrected chi connectivity index (χ4v) is 2.33. The predicted octanol–water partition coefficient (Wildman–Crippen LogP) is 0.195. The zero-order valence-electron chi connectivity index (χ0n) is 10.6. The number of nitrogens with zero attached hydrogens (tertiary/aromatic N) is 1. The van der Waals surface area contributed by atoms with Gasteiger partial charge in [-0.2, -0.15) is 0 Å². The van der Waals surface area contributed by atoms with Crippen molar-refractivity contribution in [3.8, 4) is 0 Å². The highest BCUT2D eigenvalue weighted by Gasteiger charge is 2.41. The molecule has 4 N–H and O–H groups in total. The third-order valence-electron chi connectivity index (χ3n) is 3.47. The molecule has 2 rings (SSSR count). The average molecular weight is 250 g/mol. The molecule has 1 aliphatic heterocycles. The Balaban J connectivity index is 2.09. The number of aromatic amines is 1. The molecule has 0 radical (unpaired) electrons. The fraction of sp³-hybridized carbons (Fsp3) is 0.500. The number of nitrogens with two attached hydrogens (primary N) is 1. The van der Waals surface area contributed by atoms with E-state index in [4.69, 9.17) is 5.73 Å². The highest BCUT2D eigenvalue weighted by atomic mass is 16.2. The number of aromatic nitrogens is 1. The summed E-state index contributed by atoms with van der Waals surface area (Å²) in [6.45, 7) is 2.90. The van der Waals surface area contributed by atoms with Crippen molar-refractivity contribution in [1.82, 2.24) is 15.2 Å². The van der Waals surface area contributed by atoms with Gasteiger partial charge >= 0.3 is 0 Å². The van der Waals surface area contributed by atoms with Crippen LogP contribution >= 0.6 is 0 Å². The predicted molar refractivity (Wildman–Crippen MR) is 67.9 cm³/mol. The van der Waals surface area contributed by atoms with Crippen LogP contribution in [0.1, 0.15) is 23.8 Å². The van der Waals surface area contributed by atoms with Gasteiger partial charge in [0.1, 0.15) is 5.69 Å². The number of likely N-dealkylation sites (tertiary alicyclic amines) is 1. The number of amides is 2. The van der Waals surface area contributed by atoms with Crippen LogP contribution in [-0.4, -0.2) is 41.8 Å². The van der Waals surface area contributed by atoms with E-state index in [1.165, 1.54) is 0 Å². The second-order valence-corrected chi connectivity index (χ2v) is 4.96. The topological polar surface area (TPSA) is 91.2 Å². The molecule has 1 atom stereocenters. The minimum Gasteiger partial charge on any atom is -0.397 e. The molecule has 1 aliphatic rings. The Morgan fingerprint density at radius 3 is 2.83 bits per heavy atom. The summed E-state index contributed by atoms with van der Waals surface area (Å²) in [5.41, 5.74) is 6.07. The lowest BCUT2D eigenvalue weighted by Crippen LogP contribution is -2.40. The van der Waals surface area contributed by atoms with Crippen LogP contribution in [0.5, 0.6) is 0 Å². The van der Waals surface area contributed by atoms with Crippen molar-refractivity contribution < 1.29 is 9.59 Å². The van der Waals surface area contributed by atoms with Crippen LogP contribution in [0.25, 0.3) is 0 Å². The molecule has 0 aliphatic carbocycles. The summed E-state index contributed by atoms with van der Waals surface area (Å²) in [6, 6.07) is 1.61. The third-order valence-corrected chi connectivity index (χ3v) is 3.47. The van der Waals surface area contributed by atoms with Gasteiger partial charge in [-0.25, -0.2) is 0 Å². The van der Waals surface area contributed by atoms with Gasteiger partial charge in [-0.15, -0.1) is 0 Å². The maximum atomic E-state index is 12.2. The highest BCUT2D eigenvalue weighted by molar-refractivity contribution is 5.94. The Hall–Kier alpha value is -1.98. The molecule has 98 valence electrons. The molecule has 1 aromatic heterocycles. The first kappa shape index (κ1) is 12.5. The summed E-state index contributed by atoms with van der Waals surface area (Å²) in [4.78, 5) is 28.5. The van der Waals surface area contributed by atoms with Crippen LogP contribution in [0.3, 0.4) is 0 Å². The minimum atomic E-state index is -0.497. The number of H-pyrrole nitrogens is 1. The van der Waals surface area contributed by atoms with Crippen molar-refractivity contribution in [1.29, 1.82) is 0 Å². The fourth-order valence-electron chi connectivity index (χ4n) is 2.33. The maximum Gasteiger partial charge on any atom is 0.270 e. The summed E-state index contributed by atoms with van der Waals surface area (Å²) >= 11 is 0. The number of hydrogen-bond donors (Lipinski definition) is 3. The van der Waals surface area contributed by atoms with Gasteiger partial charge in [-0.1, -0.05) is 0 Å². The Bertz CT molecular complexity index is 482. The number of rotatable bonds is 2. The number of nitrogens with one attached hydrogen (secondary N) is 2. The first-order valence-corrected chi connectivity index (χ1v) is 5.91. The SMILES string of the molecule is CNC(=O)C1(C)CCN(C(=O)c2cc(N)c[nH]2)C1. The Kier molecular flexibility index (Phi) is 3.02. The normalized spacial score (nSPS) is 23.1. The molecule has 0 saturated carbocycles. The molecule has 2 amide bonds. The highest BCUT2D eigenvalue weighted by Crippen LogP contribution is 2.30. The van der Waals surface area contributed by atoms with Crippen LogP contribution in [-0.2, 0) is 4.79 Å². The molecule has 1 fully saturated rings. The van der Waals surface area contributed by atoms with E-state index in [-0.39, 0.29) is 11.8 Å². The van der Waals surface area contributed by atoms with Crippen LogP contribution in [0, 0.1) is 5.41 Å². The van der Waals surface area contributed by atoms with Gasteiger partial charge < -0.3 is 20.9 Å². The molecule has 0 bridgehead atoms. The Labute approximate surface area is 106 Å². The van der Waals surface area contributed by atoms with E-state index in [0.717, 1.165) is 0 Å². The van der Waals surface area contributed by atoms with Gasteiger partial charge in [-0.05, 0) is 19.4 Å². The van der Waals surface area contributed by atoms with Crippen molar-refractivity contribution in [3.63, 3.8) is 0 Å². The van der Waals surface area contributed by atoms with Gasteiger partial charge in [0.2, 0.25) is 5.91 Å². The molecule has 6 nitrogen and oxygen atoms in total. The van der Waals surface area contributed by atoms with Crippen LogP contribution < -0.4 is 11.1 Å². The molecule has 1 aromatic rings. The number of carbonyl (C=O) groups is 2. The zero-order chi connectivity index (χ0) is 13.3. The standard InChI is InChI=1S/C12H18N4O2/c1-12(11(18)14-2)3-4-16(7-12)10(17)9-5-8(13)6-15-9/h5-6,15H,3-4,7,13H2,1-2H3,(H,14,18). The van der Waals surface area contributed by atoms with Gasteiger partial charge in [0.05, 0.1) is 5.41 Å². The summed E-state index contributed by atoms with van der Waals surface area (Å²) in [5.74, 6) is -0.136. The van der Waals surface area contributed by atoms with Gasteiger partial charge in [0, 0.05) is 32.0 Å². The minimum absolute atomic E-state index is 0.0243. The summed E-state index contributed by atoms with van der Waals surface area (Å²) < 4.78 is 0. The van der Waals surface area contributed by atoms with Gasteiger partial charge in [0.15, 0.2) is 0 Å². The van der Waals surface area contributed by atoms with Crippen molar-refractivity contribution in [2.75, 3.05) is 25.9 Å². The van der Waals surface area contributed by atoms with E-state index in [0.29, 0.717) is 30.9 Å². The Morgan fingerprint density at radius 1 is 1.56 bits per heavy atom. The van der Waals surface area contributed by atoms with E-state index in [2.05, 4.69) is 10.3 Å². The van der Waals surface area contributed by atoms with E-state index < -0.39 is 5.41 Å². The number of anilines is 1. The van der Waals surface area contributed by atoms with Gasteiger partial charge in [0.25, 0.3) is 5.91 Å².